The normalized spacial score (nSPS) is 12.1. The van der Waals surface area contributed by atoms with Crippen LogP contribution in [0.2, 0.25) is 0 Å². The third-order valence-corrected chi connectivity index (χ3v) is 1.41. The van der Waals surface area contributed by atoms with E-state index in [1.54, 1.807) is 19.9 Å². The van der Waals surface area contributed by atoms with Crippen LogP contribution in [0.5, 0.6) is 0 Å². The molecule has 0 amide bonds. The summed E-state index contributed by atoms with van der Waals surface area (Å²) < 4.78 is 0. The second-order valence-electron chi connectivity index (χ2n) is 3.56. The van der Waals surface area contributed by atoms with Gasteiger partial charge in [-0.1, -0.05) is 6.08 Å². The minimum absolute atomic E-state index is 0.115. The third kappa shape index (κ3) is 6.34. The van der Waals surface area contributed by atoms with Gasteiger partial charge < -0.3 is 10.2 Å². The van der Waals surface area contributed by atoms with E-state index in [9.17, 15) is 5.11 Å². The van der Waals surface area contributed by atoms with Crippen molar-refractivity contribution in [2.45, 2.75) is 19.4 Å². The quantitative estimate of drug-likeness (QED) is 0.565. The minimum Gasteiger partial charge on any atom is -0.395 e. The van der Waals surface area contributed by atoms with Crippen molar-refractivity contribution in [2.24, 2.45) is 0 Å². The van der Waals surface area contributed by atoms with Gasteiger partial charge in [-0.3, -0.25) is 4.90 Å². The van der Waals surface area contributed by atoms with Gasteiger partial charge in [-0.2, -0.15) is 0 Å². The fraction of sp³-hybridized carbons (Fsp3) is 0.778. The second-order valence-corrected chi connectivity index (χ2v) is 3.56. The largest absolute Gasteiger partial charge is 0.395 e. The highest BCUT2D eigenvalue weighted by molar-refractivity contribution is 4.78. The highest BCUT2D eigenvalue weighted by Gasteiger charge is 2.16. The van der Waals surface area contributed by atoms with Gasteiger partial charge in [0.15, 0.2) is 0 Å². The Balaban J connectivity index is 3.85. The summed E-state index contributed by atoms with van der Waals surface area (Å²) in [5.41, 5.74) is -0.710. The van der Waals surface area contributed by atoms with E-state index in [0.29, 0.717) is 19.6 Å². The number of rotatable bonds is 6. The summed E-state index contributed by atoms with van der Waals surface area (Å²) in [4.78, 5) is 1.95. The molecule has 0 unspecified atom stereocenters. The van der Waals surface area contributed by atoms with E-state index in [4.69, 9.17) is 5.11 Å². The molecule has 2 N–H and O–H groups in total. The molecule has 0 rings (SSSR count). The van der Waals surface area contributed by atoms with E-state index in [1.165, 1.54) is 0 Å². The summed E-state index contributed by atoms with van der Waals surface area (Å²) in [6, 6.07) is 0. The summed E-state index contributed by atoms with van der Waals surface area (Å²) in [6.45, 7) is 9.06. The first kappa shape index (κ1) is 11.6. The third-order valence-electron chi connectivity index (χ3n) is 1.41. The summed E-state index contributed by atoms with van der Waals surface area (Å²) in [6.07, 6.45) is 1.77. The molecular formula is C9H19NO2. The maximum absolute atomic E-state index is 9.48. The Kier molecular flexibility index (Phi) is 5.13. The van der Waals surface area contributed by atoms with Gasteiger partial charge in [-0.05, 0) is 13.8 Å². The molecule has 0 saturated carbocycles. The number of hydrogen-bond acceptors (Lipinski definition) is 3. The number of hydrogen-bond donors (Lipinski definition) is 2. The lowest BCUT2D eigenvalue weighted by atomic mass is 10.1. The van der Waals surface area contributed by atoms with E-state index in [0.717, 1.165) is 0 Å². The Morgan fingerprint density at radius 2 is 2.08 bits per heavy atom. The first-order chi connectivity index (χ1) is 5.49. The highest BCUT2D eigenvalue weighted by Crippen LogP contribution is 2.03. The van der Waals surface area contributed by atoms with Crippen LogP contribution in [0.3, 0.4) is 0 Å². The fourth-order valence-electron chi connectivity index (χ4n) is 1.11. The molecule has 0 aromatic carbocycles. The molecule has 0 aromatic rings. The minimum atomic E-state index is -0.710. The lowest BCUT2D eigenvalue weighted by Crippen LogP contribution is -2.40. The van der Waals surface area contributed by atoms with E-state index < -0.39 is 5.60 Å². The van der Waals surface area contributed by atoms with Gasteiger partial charge >= 0.3 is 0 Å². The second kappa shape index (κ2) is 5.30. The van der Waals surface area contributed by atoms with Crippen molar-refractivity contribution < 1.29 is 10.2 Å². The molecule has 72 valence electrons. The lowest BCUT2D eigenvalue weighted by Gasteiger charge is -2.27. The summed E-state index contributed by atoms with van der Waals surface area (Å²) in [5, 5.41) is 18.2. The van der Waals surface area contributed by atoms with Gasteiger partial charge in [0.2, 0.25) is 0 Å². The van der Waals surface area contributed by atoms with E-state index >= 15 is 0 Å². The molecule has 0 aliphatic rings. The molecule has 0 bridgehead atoms. The van der Waals surface area contributed by atoms with Crippen molar-refractivity contribution in [1.82, 2.24) is 4.90 Å². The topological polar surface area (TPSA) is 43.7 Å². The van der Waals surface area contributed by atoms with Gasteiger partial charge in [0.25, 0.3) is 0 Å². The molecule has 0 aliphatic heterocycles. The van der Waals surface area contributed by atoms with E-state index in [1.807, 2.05) is 4.90 Å². The van der Waals surface area contributed by atoms with E-state index in [2.05, 4.69) is 6.58 Å². The van der Waals surface area contributed by atoms with Crippen LogP contribution in [0.4, 0.5) is 0 Å². The molecule has 0 aromatic heterocycles. The predicted molar refractivity (Wildman–Crippen MR) is 50.0 cm³/mol. The van der Waals surface area contributed by atoms with Gasteiger partial charge in [-0.15, -0.1) is 6.58 Å². The van der Waals surface area contributed by atoms with Crippen LogP contribution in [0.1, 0.15) is 13.8 Å². The average Bonchev–Trinajstić information content (AvgIpc) is 1.84. The molecule has 12 heavy (non-hydrogen) atoms. The average molecular weight is 173 g/mol. The molecule has 0 heterocycles. The zero-order valence-electron chi connectivity index (χ0n) is 7.95. The van der Waals surface area contributed by atoms with Crippen LogP contribution in [0.25, 0.3) is 0 Å². The van der Waals surface area contributed by atoms with Crippen molar-refractivity contribution in [3.05, 3.63) is 12.7 Å². The molecule has 0 saturated heterocycles. The van der Waals surface area contributed by atoms with Crippen molar-refractivity contribution in [3.8, 4) is 0 Å². The number of aliphatic hydroxyl groups is 2. The summed E-state index contributed by atoms with van der Waals surface area (Å²) >= 11 is 0. The highest BCUT2D eigenvalue weighted by atomic mass is 16.3. The molecule has 3 heteroatoms. The van der Waals surface area contributed by atoms with Crippen LogP contribution in [0, 0.1) is 0 Å². The Bertz CT molecular complexity index is 129. The van der Waals surface area contributed by atoms with Gasteiger partial charge in [0.05, 0.1) is 12.2 Å². The molecule has 0 aliphatic carbocycles. The van der Waals surface area contributed by atoms with Crippen LogP contribution in [-0.2, 0) is 0 Å². The lowest BCUT2D eigenvalue weighted by molar-refractivity contribution is 0.0351. The zero-order chi connectivity index (χ0) is 9.61. The van der Waals surface area contributed by atoms with E-state index in [-0.39, 0.29) is 6.61 Å². The molecule has 0 atom stereocenters. The fourth-order valence-corrected chi connectivity index (χ4v) is 1.11. The Labute approximate surface area is 74.3 Å². The monoisotopic (exact) mass is 173 g/mol. The predicted octanol–water partition coefficient (Wildman–Crippen LogP) is 0.238. The molecule has 3 nitrogen and oxygen atoms in total. The zero-order valence-corrected chi connectivity index (χ0v) is 7.95. The van der Waals surface area contributed by atoms with Gasteiger partial charge in [0, 0.05) is 19.6 Å². The van der Waals surface area contributed by atoms with Gasteiger partial charge in [0.1, 0.15) is 0 Å². The number of nitrogens with zero attached hydrogens (tertiary/aromatic N) is 1. The maximum atomic E-state index is 9.48. The first-order valence-electron chi connectivity index (χ1n) is 4.16. The van der Waals surface area contributed by atoms with Crippen LogP contribution in [0.15, 0.2) is 12.7 Å². The SMILES string of the molecule is C=CCN(CCO)CC(C)(C)O. The smallest absolute Gasteiger partial charge is 0.0718 e. The standard InChI is InChI=1S/C9H19NO2/c1-4-5-10(6-7-11)8-9(2,3)12/h4,11-12H,1,5-8H2,2-3H3. The molecule has 0 spiro atoms. The molecule has 0 fully saturated rings. The maximum Gasteiger partial charge on any atom is 0.0718 e. The van der Waals surface area contributed by atoms with Crippen molar-refractivity contribution in [2.75, 3.05) is 26.2 Å². The Morgan fingerprint density at radius 3 is 2.42 bits per heavy atom. The molecule has 0 radical (unpaired) electrons. The first-order valence-corrected chi connectivity index (χ1v) is 4.16. The van der Waals surface area contributed by atoms with Crippen LogP contribution < -0.4 is 0 Å². The number of aliphatic hydroxyl groups excluding tert-OH is 1. The Hall–Kier alpha value is -0.380. The van der Waals surface area contributed by atoms with Crippen molar-refractivity contribution >= 4 is 0 Å². The van der Waals surface area contributed by atoms with Crippen molar-refractivity contribution in [3.63, 3.8) is 0 Å². The Morgan fingerprint density at radius 1 is 1.50 bits per heavy atom. The van der Waals surface area contributed by atoms with Crippen LogP contribution >= 0.6 is 0 Å². The summed E-state index contributed by atoms with van der Waals surface area (Å²) in [7, 11) is 0. The van der Waals surface area contributed by atoms with Crippen LogP contribution in [-0.4, -0.2) is 47.0 Å². The van der Waals surface area contributed by atoms with Crippen molar-refractivity contribution in [1.29, 1.82) is 0 Å². The molecular weight excluding hydrogens is 154 g/mol. The van der Waals surface area contributed by atoms with Gasteiger partial charge in [-0.25, -0.2) is 0 Å². The summed E-state index contributed by atoms with van der Waals surface area (Å²) in [5.74, 6) is 0.